The zero-order valence-electron chi connectivity index (χ0n) is 20.8. The van der Waals surface area contributed by atoms with Crippen LogP contribution in [0.1, 0.15) is 24.1 Å². The zero-order valence-corrected chi connectivity index (χ0v) is 21.6. The summed E-state index contributed by atoms with van der Waals surface area (Å²) < 4.78 is 67.0. The lowest BCUT2D eigenvalue weighted by molar-refractivity contribution is -0.137. The van der Waals surface area contributed by atoms with Gasteiger partial charge >= 0.3 is 12.2 Å². The molecule has 5 rings (SSSR count). The Bertz CT molecular complexity index is 1700. The molecule has 4 aromatic rings. The first-order chi connectivity index (χ1) is 18.2. The van der Waals surface area contributed by atoms with Crippen LogP contribution < -0.4 is 21.1 Å². The molecule has 1 aliphatic carbocycles. The number of sulfonamides is 1. The highest BCUT2D eigenvalue weighted by Crippen LogP contribution is 2.47. The molecule has 39 heavy (non-hydrogen) atoms. The number of nitrogens with one attached hydrogen (secondary N) is 3. The first kappa shape index (κ1) is 26.4. The van der Waals surface area contributed by atoms with E-state index in [1.807, 2.05) is 0 Å². The molecule has 0 spiro atoms. The fourth-order valence-electron chi connectivity index (χ4n) is 4.44. The van der Waals surface area contributed by atoms with Crippen LogP contribution in [0.3, 0.4) is 0 Å². The summed E-state index contributed by atoms with van der Waals surface area (Å²) in [5, 5.41) is 9.85. The molecular formula is C25H24F3N7O3S. The van der Waals surface area contributed by atoms with Crippen LogP contribution in [-0.4, -0.2) is 35.5 Å². The number of pyridine rings is 1. The van der Waals surface area contributed by atoms with E-state index in [-0.39, 0.29) is 11.5 Å². The maximum absolute atomic E-state index is 12.9. The summed E-state index contributed by atoms with van der Waals surface area (Å²) in [6.45, 7) is 0. The number of hydrogen-bond acceptors (Lipinski definition) is 6. The van der Waals surface area contributed by atoms with Gasteiger partial charge in [0, 0.05) is 18.4 Å². The summed E-state index contributed by atoms with van der Waals surface area (Å²) in [7, 11) is -1.80. The van der Waals surface area contributed by atoms with E-state index in [4.69, 9.17) is 5.73 Å². The predicted octanol–water partition coefficient (Wildman–Crippen LogP) is 4.42. The number of benzene rings is 2. The van der Waals surface area contributed by atoms with Crippen molar-refractivity contribution in [1.82, 2.24) is 19.5 Å². The van der Waals surface area contributed by atoms with Gasteiger partial charge in [0.2, 0.25) is 10.0 Å². The minimum atomic E-state index is -4.53. The highest BCUT2D eigenvalue weighted by molar-refractivity contribution is 7.88. The highest BCUT2D eigenvalue weighted by Gasteiger charge is 2.48. The van der Waals surface area contributed by atoms with Gasteiger partial charge in [-0.25, -0.2) is 27.6 Å². The molecule has 14 heteroatoms. The van der Waals surface area contributed by atoms with Crippen molar-refractivity contribution in [3.8, 4) is 11.1 Å². The number of fused-ring (bicyclic) bond motifs is 1. The van der Waals surface area contributed by atoms with Crippen LogP contribution in [0, 0.1) is 0 Å². The van der Waals surface area contributed by atoms with Crippen molar-refractivity contribution in [2.75, 3.05) is 22.6 Å². The summed E-state index contributed by atoms with van der Waals surface area (Å²) in [5.74, 6) is 0.255. The number of nitrogens with zero attached hydrogens (tertiary/aromatic N) is 3. The average Bonchev–Trinajstić information content (AvgIpc) is 3.55. The number of nitrogen functional groups attached to an aromatic ring is 1. The van der Waals surface area contributed by atoms with Crippen molar-refractivity contribution >= 4 is 44.3 Å². The van der Waals surface area contributed by atoms with Crippen LogP contribution in [0.15, 0.2) is 54.6 Å². The number of carbonyl (C=O) groups is 1. The Balaban J connectivity index is 1.42. The quantitative estimate of drug-likeness (QED) is 0.275. The summed E-state index contributed by atoms with van der Waals surface area (Å²) in [6, 6.07) is 12.1. The van der Waals surface area contributed by atoms with E-state index in [2.05, 4.69) is 25.4 Å². The first-order valence-electron chi connectivity index (χ1n) is 11.7. The number of aryl methyl sites for hydroxylation is 1. The van der Waals surface area contributed by atoms with Gasteiger partial charge in [0.1, 0.15) is 0 Å². The van der Waals surface area contributed by atoms with E-state index in [9.17, 15) is 26.4 Å². The molecule has 1 fully saturated rings. The van der Waals surface area contributed by atoms with Gasteiger partial charge in [-0.05, 0) is 60.4 Å². The molecule has 2 aromatic heterocycles. The van der Waals surface area contributed by atoms with Crippen LogP contribution in [-0.2, 0) is 28.8 Å². The highest BCUT2D eigenvalue weighted by atomic mass is 32.2. The Kier molecular flexibility index (Phi) is 6.26. The van der Waals surface area contributed by atoms with Crippen molar-refractivity contribution in [3.63, 3.8) is 0 Å². The molecule has 0 saturated heterocycles. The number of urea groups is 1. The standard InChI is InChI=1S/C25H24F3N7O3S/c1-35-22-20(21(29)33-35)18(13-19(32-22)24(10-11-24)34-39(2,37)38)14-6-8-16(9-7-14)30-23(36)31-17-5-3-4-15(12-17)25(26,27)28/h3-9,12-13,34H,10-11H2,1-2H3,(H2,29,33)(H2,30,31,36). The van der Waals surface area contributed by atoms with Crippen molar-refractivity contribution in [2.45, 2.75) is 24.6 Å². The van der Waals surface area contributed by atoms with Crippen LogP contribution in [0.2, 0.25) is 0 Å². The predicted molar refractivity (Wildman–Crippen MR) is 141 cm³/mol. The molecule has 1 saturated carbocycles. The van der Waals surface area contributed by atoms with Crippen LogP contribution in [0.4, 0.5) is 35.2 Å². The van der Waals surface area contributed by atoms with E-state index in [1.54, 1.807) is 37.4 Å². The number of halogens is 3. The summed E-state index contributed by atoms with van der Waals surface area (Å²) >= 11 is 0. The monoisotopic (exact) mass is 559 g/mol. The first-order valence-corrected chi connectivity index (χ1v) is 13.6. The van der Waals surface area contributed by atoms with Gasteiger partial charge in [-0.15, -0.1) is 0 Å². The third kappa shape index (κ3) is 5.52. The molecular weight excluding hydrogens is 535 g/mol. The molecule has 2 aromatic carbocycles. The van der Waals surface area contributed by atoms with Crippen molar-refractivity contribution < 1.29 is 26.4 Å². The molecule has 0 atom stereocenters. The fourth-order valence-corrected chi connectivity index (χ4v) is 5.46. The van der Waals surface area contributed by atoms with Crippen LogP contribution in [0.5, 0.6) is 0 Å². The summed E-state index contributed by atoms with van der Waals surface area (Å²) in [6.07, 6.45) is -2.24. The number of anilines is 3. The molecule has 5 N–H and O–H groups in total. The largest absolute Gasteiger partial charge is 0.416 e. The molecule has 1 aliphatic rings. The third-order valence-electron chi connectivity index (χ3n) is 6.34. The van der Waals surface area contributed by atoms with Crippen LogP contribution in [0.25, 0.3) is 22.2 Å². The Morgan fingerprint density at radius 1 is 1.05 bits per heavy atom. The second-order valence-corrected chi connectivity index (χ2v) is 11.2. The molecule has 0 bridgehead atoms. The van der Waals surface area contributed by atoms with E-state index < -0.39 is 33.3 Å². The minimum absolute atomic E-state index is 0.00517. The number of nitrogens with two attached hydrogens (primary N) is 1. The molecule has 2 amide bonds. The SMILES string of the molecule is Cn1nc(N)c2c(-c3ccc(NC(=O)Nc4cccc(C(F)(F)F)c4)cc3)cc(C3(NS(C)(=O)=O)CC3)nc21. The van der Waals surface area contributed by atoms with Gasteiger partial charge in [0.25, 0.3) is 0 Å². The molecule has 0 unspecified atom stereocenters. The molecule has 0 aliphatic heterocycles. The number of hydrogen-bond donors (Lipinski definition) is 4. The second kappa shape index (κ2) is 9.24. The molecule has 0 radical (unpaired) electrons. The Hall–Kier alpha value is -4.17. The average molecular weight is 560 g/mol. The van der Waals surface area contributed by atoms with Gasteiger partial charge in [-0.2, -0.15) is 18.3 Å². The number of rotatable bonds is 6. The van der Waals surface area contributed by atoms with Gasteiger partial charge in [0.15, 0.2) is 11.5 Å². The van der Waals surface area contributed by atoms with Crippen molar-refractivity contribution in [3.05, 3.63) is 65.9 Å². The third-order valence-corrected chi connectivity index (χ3v) is 7.10. The summed E-state index contributed by atoms with van der Waals surface area (Å²) in [5.41, 5.74) is 7.31. The topological polar surface area (TPSA) is 144 Å². The smallest absolute Gasteiger partial charge is 0.382 e. The lowest BCUT2D eigenvalue weighted by Crippen LogP contribution is -2.34. The Labute approximate surface area is 221 Å². The number of amides is 2. The van der Waals surface area contributed by atoms with Gasteiger partial charge in [0.05, 0.1) is 28.4 Å². The fraction of sp³-hybridized carbons (Fsp3) is 0.240. The molecule has 2 heterocycles. The Morgan fingerprint density at radius 2 is 1.72 bits per heavy atom. The zero-order chi connectivity index (χ0) is 28.2. The lowest BCUT2D eigenvalue weighted by Gasteiger charge is -2.17. The van der Waals surface area contributed by atoms with Gasteiger partial charge < -0.3 is 16.4 Å². The van der Waals surface area contributed by atoms with E-state index >= 15 is 0 Å². The van der Waals surface area contributed by atoms with E-state index in [0.29, 0.717) is 46.4 Å². The minimum Gasteiger partial charge on any atom is -0.382 e. The maximum Gasteiger partial charge on any atom is 0.416 e. The van der Waals surface area contributed by atoms with Crippen molar-refractivity contribution in [2.24, 2.45) is 7.05 Å². The molecule has 10 nitrogen and oxygen atoms in total. The second-order valence-electron chi connectivity index (χ2n) is 9.45. The summed E-state index contributed by atoms with van der Waals surface area (Å²) in [4.78, 5) is 17.1. The number of carbonyl (C=O) groups excluding carboxylic acids is 1. The van der Waals surface area contributed by atoms with Gasteiger partial charge in [-0.1, -0.05) is 18.2 Å². The lowest BCUT2D eigenvalue weighted by atomic mass is 9.99. The van der Waals surface area contributed by atoms with E-state index in [1.165, 1.54) is 16.8 Å². The van der Waals surface area contributed by atoms with E-state index in [0.717, 1.165) is 18.4 Å². The van der Waals surface area contributed by atoms with Crippen LogP contribution >= 0.6 is 0 Å². The van der Waals surface area contributed by atoms with Crippen molar-refractivity contribution in [1.29, 1.82) is 0 Å². The van der Waals surface area contributed by atoms with Gasteiger partial charge in [-0.3, -0.25) is 0 Å². The number of aromatic nitrogens is 3. The number of alkyl halides is 3. The molecule has 204 valence electrons. The normalized spacial score (nSPS) is 14.8. The maximum atomic E-state index is 12.9. The Morgan fingerprint density at radius 3 is 2.33 bits per heavy atom.